The average Bonchev–Trinajstić information content (AvgIpc) is 3.63. The molecule has 0 fully saturated rings. The van der Waals surface area contributed by atoms with Gasteiger partial charge < -0.3 is 5.11 Å². The maximum Gasteiger partial charge on any atom is 0.149 e. The Morgan fingerprint density at radius 3 is 2.08 bits per heavy atom. The molecule has 0 atom stereocenters. The van der Waals surface area contributed by atoms with Gasteiger partial charge in [0.25, 0.3) is 0 Å². The molecule has 8 rings (SSSR count). The zero-order valence-corrected chi connectivity index (χ0v) is 36.5. The van der Waals surface area contributed by atoms with Crippen LogP contribution >= 0.6 is 0 Å². The molecule has 0 aliphatic heterocycles. The van der Waals surface area contributed by atoms with Crippen LogP contribution in [0, 0.1) is 20.7 Å². The Labute approximate surface area is 362 Å². The van der Waals surface area contributed by atoms with E-state index in [1.807, 2.05) is 58.0 Å². The summed E-state index contributed by atoms with van der Waals surface area (Å²) in [6, 6.07) is 42.8. The maximum absolute atomic E-state index is 11.8. The minimum Gasteiger partial charge on any atom is -0.507 e. The number of aromatic nitrogens is 3. The van der Waals surface area contributed by atoms with E-state index < -0.39 is 12.7 Å². The molecule has 302 valence electrons. The number of nitrogens with zero attached hydrogens (tertiary/aromatic N) is 3. The minimum atomic E-state index is -2.17. The molecule has 6 aromatic carbocycles. The number of aromatic hydroxyl groups is 1. The van der Waals surface area contributed by atoms with Gasteiger partial charge >= 0.3 is 0 Å². The van der Waals surface area contributed by atoms with Crippen molar-refractivity contribution in [2.45, 2.75) is 92.8 Å². The first-order valence-corrected chi connectivity index (χ1v) is 20.8. The van der Waals surface area contributed by atoms with Gasteiger partial charge in [0, 0.05) is 28.5 Å². The largest absolute Gasteiger partial charge is 0.507 e. The Hall–Kier alpha value is -6.26. The summed E-state index contributed by atoms with van der Waals surface area (Å²) >= 11 is 0. The Kier molecular flexibility index (Phi) is 9.16. The fourth-order valence-electron chi connectivity index (χ4n) is 8.39. The van der Waals surface area contributed by atoms with Gasteiger partial charge in [-0.25, -0.2) is 4.98 Å². The normalized spacial score (nSPS) is 13.5. The van der Waals surface area contributed by atoms with Crippen LogP contribution in [-0.4, -0.2) is 19.6 Å². The summed E-state index contributed by atoms with van der Waals surface area (Å²) in [5.41, 5.74) is 15.7. The van der Waals surface area contributed by atoms with E-state index in [2.05, 4.69) is 131 Å². The van der Waals surface area contributed by atoms with Gasteiger partial charge in [0.05, 0.1) is 22.3 Å². The Bertz CT molecular complexity index is 3070. The number of para-hydroxylation sites is 1. The summed E-state index contributed by atoms with van der Waals surface area (Å²) in [5.74, 6) is -0.165. The molecular formula is C56H57N3O. The van der Waals surface area contributed by atoms with Crippen LogP contribution in [0.15, 0.2) is 134 Å². The number of hydrogen-bond donors (Lipinski definition) is 1. The highest BCUT2D eigenvalue weighted by atomic mass is 16.3. The zero-order valence-electron chi connectivity index (χ0n) is 40.5. The average molecular weight is 792 g/mol. The van der Waals surface area contributed by atoms with Crippen LogP contribution in [0.1, 0.15) is 100 Å². The second-order valence-corrected chi connectivity index (χ2v) is 18.5. The van der Waals surface area contributed by atoms with Crippen LogP contribution in [0.4, 0.5) is 0 Å². The van der Waals surface area contributed by atoms with Gasteiger partial charge in [-0.2, -0.15) is 0 Å². The molecule has 0 radical (unpaired) electrons. The molecule has 0 aliphatic carbocycles. The van der Waals surface area contributed by atoms with Crippen molar-refractivity contribution in [2.24, 2.45) is 0 Å². The number of fused-ring (bicyclic) bond motifs is 1. The summed E-state index contributed by atoms with van der Waals surface area (Å²) in [6.45, 7) is 19.0. The molecule has 4 nitrogen and oxygen atoms in total. The first-order chi connectivity index (χ1) is 30.0. The molecule has 1 N–H and O–H groups in total. The highest BCUT2D eigenvalue weighted by Crippen LogP contribution is 2.43. The molecule has 8 aromatic rings. The molecule has 4 heteroatoms. The molecule has 0 aliphatic rings. The van der Waals surface area contributed by atoms with Gasteiger partial charge in [-0.1, -0.05) is 140 Å². The van der Waals surface area contributed by atoms with E-state index in [0.717, 1.165) is 83.6 Å². The maximum atomic E-state index is 11.8. The fraction of sp³-hybridized carbons (Fsp3) is 0.250. The molecule has 60 heavy (non-hydrogen) atoms. The van der Waals surface area contributed by atoms with Crippen molar-refractivity contribution in [1.29, 1.82) is 0 Å². The van der Waals surface area contributed by atoms with E-state index >= 15 is 0 Å². The van der Waals surface area contributed by atoms with Crippen molar-refractivity contribution in [3.63, 3.8) is 0 Å². The lowest BCUT2D eigenvalue weighted by Crippen LogP contribution is -2.13. The third kappa shape index (κ3) is 7.68. The second-order valence-electron chi connectivity index (χ2n) is 18.5. The quantitative estimate of drug-likeness (QED) is 0.175. The standard InChI is InChI=1S/C56H57N3O/c1-34(2)47-33-43(23-24-45(47)46-15-12-13-17-49(46)56(9,10)11)59-51-18-14-16-44(52(51)58-54(59)48-28-36(4)27-37(5)53(48)60)40-29-41(31-42(30-40)55(6,7)8)50-32-39(25-26-57-50)38-21-19-35(3)20-22-38/h12-34,60H,1-11H3/i3D3,34D. The minimum absolute atomic E-state index is 0.110. The Balaban J connectivity index is 1.36. The molecule has 0 unspecified atom stereocenters. The number of pyridine rings is 1. The third-order valence-electron chi connectivity index (χ3n) is 11.6. The van der Waals surface area contributed by atoms with Crippen molar-refractivity contribution in [1.82, 2.24) is 14.5 Å². The van der Waals surface area contributed by atoms with Crippen LogP contribution < -0.4 is 0 Å². The Morgan fingerprint density at radius 2 is 1.37 bits per heavy atom. The molecule has 2 aromatic heterocycles. The van der Waals surface area contributed by atoms with Gasteiger partial charge in [-0.15, -0.1) is 0 Å². The van der Waals surface area contributed by atoms with E-state index in [1.165, 1.54) is 5.56 Å². The van der Waals surface area contributed by atoms with E-state index in [-0.39, 0.29) is 16.6 Å². The molecule has 0 spiro atoms. The number of phenols is 1. The smallest absolute Gasteiger partial charge is 0.149 e. The van der Waals surface area contributed by atoms with Gasteiger partial charge in [0.1, 0.15) is 11.6 Å². The third-order valence-corrected chi connectivity index (χ3v) is 11.6. The van der Waals surface area contributed by atoms with Crippen molar-refractivity contribution in [3.05, 3.63) is 167 Å². The van der Waals surface area contributed by atoms with Crippen LogP contribution in [-0.2, 0) is 10.8 Å². The summed E-state index contributed by atoms with van der Waals surface area (Å²) in [4.78, 5) is 10.3. The van der Waals surface area contributed by atoms with Crippen LogP contribution in [0.3, 0.4) is 0 Å². The summed E-state index contributed by atoms with van der Waals surface area (Å²) in [6.07, 6.45) is 1.80. The lowest BCUT2D eigenvalue weighted by molar-refractivity contribution is 0.472. The molecule has 0 saturated carbocycles. The summed E-state index contributed by atoms with van der Waals surface area (Å²) in [5, 5.41) is 11.8. The number of hydrogen-bond acceptors (Lipinski definition) is 3. The van der Waals surface area contributed by atoms with E-state index in [0.29, 0.717) is 17.0 Å². The summed E-state index contributed by atoms with van der Waals surface area (Å²) < 4.78 is 35.1. The van der Waals surface area contributed by atoms with E-state index in [9.17, 15) is 6.48 Å². The highest BCUT2D eigenvalue weighted by Gasteiger charge is 2.25. The number of rotatable bonds is 7. The van der Waals surface area contributed by atoms with Gasteiger partial charge in [-0.05, 0) is 142 Å². The number of phenolic OH excluding ortho intramolecular Hbond substituents is 1. The van der Waals surface area contributed by atoms with Gasteiger partial charge in [-0.3, -0.25) is 9.55 Å². The zero-order chi connectivity index (χ0) is 46.1. The lowest BCUT2D eigenvalue weighted by Gasteiger charge is -2.25. The predicted molar refractivity (Wildman–Crippen MR) is 253 cm³/mol. The number of imidazole rings is 1. The second kappa shape index (κ2) is 15.4. The SMILES string of the molecule is [2H]C([2H])([2H])c1ccc(-c2ccnc(-c3cc(-c4cccc5c4nc(-c4cc(C)cc(C)c4O)n5-c4ccc(-c5ccccc5C(C)(C)C)c(C([2H])(C)C)c4)cc(C(C)(C)C)c3)c2)cc1. The number of benzene rings is 6. The first kappa shape index (κ1) is 35.7. The van der Waals surface area contributed by atoms with E-state index in [4.69, 9.17) is 14.1 Å². The van der Waals surface area contributed by atoms with Gasteiger partial charge in [0.15, 0.2) is 0 Å². The molecular weight excluding hydrogens is 731 g/mol. The molecule has 0 amide bonds. The van der Waals surface area contributed by atoms with Crippen LogP contribution in [0.25, 0.3) is 72.7 Å². The van der Waals surface area contributed by atoms with E-state index in [1.54, 1.807) is 18.3 Å². The topological polar surface area (TPSA) is 50.9 Å². The van der Waals surface area contributed by atoms with Crippen molar-refractivity contribution >= 4 is 11.0 Å². The molecule has 0 bridgehead atoms. The van der Waals surface area contributed by atoms with Gasteiger partial charge in [0.2, 0.25) is 0 Å². The van der Waals surface area contributed by atoms with Crippen molar-refractivity contribution < 1.29 is 10.6 Å². The monoisotopic (exact) mass is 791 g/mol. The first-order valence-electron chi connectivity index (χ1n) is 22.8. The molecule has 0 saturated heterocycles. The number of aryl methyl sites for hydroxylation is 3. The van der Waals surface area contributed by atoms with Crippen LogP contribution in [0.5, 0.6) is 5.75 Å². The highest BCUT2D eigenvalue weighted by molar-refractivity contribution is 5.97. The van der Waals surface area contributed by atoms with Crippen molar-refractivity contribution in [2.75, 3.05) is 0 Å². The van der Waals surface area contributed by atoms with Crippen molar-refractivity contribution in [3.8, 4) is 67.5 Å². The van der Waals surface area contributed by atoms with Crippen LogP contribution in [0.2, 0.25) is 0 Å². The predicted octanol–water partition coefficient (Wildman–Crippen LogP) is 15.1. The summed E-state index contributed by atoms with van der Waals surface area (Å²) in [7, 11) is 0. The lowest BCUT2D eigenvalue weighted by atomic mass is 9.80. The fourth-order valence-corrected chi connectivity index (χ4v) is 8.39. The molecule has 2 heterocycles. The Morgan fingerprint density at radius 1 is 0.633 bits per heavy atom.